The van der Waals surface area contributed by atoms with E-state index in [-0.39, 0.29) is 0 Å². The molecule has 1 saturated heterocycles. The van der Waals surface area contributed by atoms with Crippen LogP contribution in [-0.4, -0.2) is 40.1 Å². The van der Waals surface area contributed by atoms with Crippen LogP contribution in [0.1, 0.15) is 13.8 Å². The second-order valence-electron chi connectivity index (χ2n) is 3.25. The highest BCUT2D eigenvalue weighted by Crippen LogP contribution is 2.31. The first-order chi connectivity index (χ1) is 5.13. The summed E-state index contributed by atoms with van der Waals surface area (Å²) < 4.78 is 0. The zero-order valence-electron chi connectivity index (χ0n) is 7.54. The minimum absolute atomic E-state index is 0.314. The van der Waals surface area contributed by atoms with Crippen LogP contribution in [0.3, 0.4) is 0 Å². The predicted octanol–water partition coefficient (Wildman–Crippen LogP) is 2.06. The van der Waals surface area contributed by atoms with Gasteiger partial charge in [-0.15, -0.1) is 11.8 Å². The van der Waals surface area contributed by atoms with Crippen molar-refractivity contribution in [1.29, 1.82) is 0 Å². The molecule has 2 atom stereocenters. The monoisotopic (exact) mass is 191 g/mol. The maximum atomic E-state index is 4.13. The number of thioether (sulfide) groups is 1. The van der Waals surface area contributed by atoms with E-state index in [1.54, 1.807) is 0 Å². The molecule has 0 N–H and O–H groups in total. The predicted molar refractivity (Wildman–Crippen MR) is 58.7 cm³/mol. The summed E-state index contributed by atoms with van der Waals surface area (Å²) in [6, 6.07) is 0.687. The number of hydrogen-bond donors (Lipinski definition) is 0. The van der Waals surface area contributed by atoms with Gasteiger partial charge in [0.25, 0.3) is 0 Å². The van der Waals surface area contributed by atoms with E-state index >= 15 is 0 Å². The molecule has 1 nitrogen and oxygen atoms in total. The lowest BCUT2D eigenvalue weighted by Gasteiger charge is -2.27. The zero-order valence-corrected chi connectivity index (χ0v) is 9.17. The summed E-state index contributed by atoms with van der Waals surface area (Å²) in [4.78, 5) is 2.56. The van der Waals surface area contributed by atoms with Gasteiger partial charge in [-0.3, -0.25) is 4.90 Å². The van der Waals surface area contributed by atoms with Crippen molar-refractivity contribution in [3.8, 4) is 0 Å². The van der Waals surface area contributed by atoms with Crippen molar-refractivity contribution >= 4 is 28.1 Å². The quantitative estimate of drug-likeness (QED) is 0.615. The highest BCUT2D eigenvalue weighted by molar-refractivity contribution is 8.15. The van der Waals surface area contributed by atoms with Crippen LogP contribution in [0, 0.1) is 0 Å². The van der Waals surface area contributed by atoms with E-state index in [9.17, 15) is 0 Å². The van der Waals surface area contributed by atoms with E-state index in [1.165, 1.54) is 11.6 Å². The van der Waals surface area contributed by atoms with E-state index < -0.39 is 0 Å². The molecule has 0 spiro atoms. The summed E-state index contributed by atoms with van der Waals surface area (Å²) in [5, 5.41) is 0.736. The van der Waals surface area contributed by atoms with Gasteiger partial charge in [-0.05, 0) is 20.1 Å². The van der Waals surface area contributed by atoms with Crippen LogP contribution in [0.25, 0.3) is 0 Å². The molecule has 1 rings (SSSR count). The van der Waals surface area contributed by atoms with Crippen LogP contribution >= 0.6 is 22.2 Å². The smallest absolute Gasteiger partial charge is 0.0602 e. The van der Waals surface area contributed by atoms with Gasteiger partial charge in [0.05, 0.1) is 5.37 Å². The third-order valence-electron chi connectivity index (χ3n) is 2.00. The fourth-order valence-corrected chi connectivity index (χ4v) is 4.55. The maximum absolute atomic E-state index is 4.13. The van der Waals surface area contributed by atoms with Gasteiger partial charge in [-0.1, -0.05) is 5.87 Å². The highest BCUT2D eigenvalue weighted by Gasteiger charge is 2.26. The molecule has 3 heteroatoms. The molecule has 0 radical (unpaired) electrons. The molecule has 11 heavy (non-hydrogen) atoms. The summed E-state index contributed by atoms with van der Waals surface area (Å²) in [6.45, 7) is 4.54. The average Bonchev–Trinajstić information content (AvgIpc) is 2.32. The van der Waals surface area contributed by atoms with Crippen molar-refractivity contribution in [3.63, 3.8) is 0 Å². The normalized spacial score (nSPS) is 29.6. The van der Waals surface area contributed by atoms with Crippen molar-refractivity contribution in [3.05, 3.63) is 0 Å². The van der Waals surface area contributed by atoms with E-state index in [2.05, 4.69) is 30.9 Å². The minimum atomic E-state index is 0.314. The molecule has 1 aliphatic heterocycles. The van der Waals surface area contributed by atoms with Gasteiger partial charge in [0.2, 0.25) is 0 Å². The van der Waals surface area contributed by atoms with Crippen LogP contribution in [0.2, 0.25) is 0 Å². The first kappa shape index (κ1) is 9.62. The van der Waals surface area contributed by atoms with Gasteiger partial charge in [-0.2, -0.15) is 10.5 Å². The molecule has 2 unspecified atom stereocenters. The second-order valence-corrected chi connectivity index (χ2v) is 6.18. The summed E-state index contributed by atoms with van der Waals surface area (Å²) in [5.74, 6) is 6.61. The summed E-state index contributed by atoms with van der Waals surface area (Å²) in [5.41, 5.74) is 0. The van der Waals surface area contributed by atoms with Gasteiger partial charge in [-0.25, -0.2) is 0 Å². The molecule has 0 aromatic carbocycles. The van der Waals surface area contributed by atoms with Crippen molar-refractivity contribution in [2.75, 3.05) is 17.9 Å². The van der Waals surface area contributed by atoms with E-state index in [0.29, 0.717) is 16.5 Å². The Balaban J connectivity index is 2.58. The maximum Gasteiger partial charge on any atom is 0.0602 e. The Morgan fingerprint density at radius 2 is 2.27 bits per heavy atom. The van der Waals surface area contributed by atoms with E-state index in [1.807, 2.05) is 11.8 Å². The van der Waals surface area contributed by atoms with Crippen molar-refractivity contribution in [2.45, 2.75) is 25.3 Å². The topological polar surface area (TPSA) is 3.24 Å². The third kappa shape index (κ3) is 2.23. The van der Waals surface area contributed by atoms with Crippen molar-refractivity contribution < 1.29 is 0 Å². The van der Waals surface area contributed by atoms with Crippen LogP contribution < -0.4 is 0 Å². The molecule has 0 bridgehead atoms. The Labute approximate surface area is 76.5 Å². The Kier molecular flexibility index (Phi) is 3.47. The Hall–Kier alpha value is 0.530. The third-order valence-corrected chi connectivity index (χ3v) is 4.61. The molecule has 0 saturated carbocycles. The van der Waals surface area contributed by atoms with Gasteiger partial charge in [0, 0.05) is 17.7 Å². The Morgan fingerprint density at radius 1 is 1.64 bits per heavy atom. The second kappa shape index (κ2) is 3.97. The van der Waals surface area contributed by atoms with E-state index in [0.717, 1.165) is 5.37 Å². The number of hydrogen-bond acceptors (Lipinski definition) is 2. The lowest BCUT2D eigenvalue weighted by Crippen LogP contribution is -2.34. The fraction of sp³-hybridized carbons (Fsp3) is 0.875. The molecular weight excluding hydrogens is 174 g/mol. The van der Waals surface area contributed by atoms with Crippen LogP contribution in [0.4, 0.5) is 0 Å². The lowest BCUT2D eigenvalue weighted by molar-refractivity contribution is 0.270. The molecular formula is C8H17NS2. The van der Waals surface area contributed by atoms with Crippen molar-refractivity contribution in [2.24, 2.45) is 0 Å². The molecule has 1 heterocycles. The number of nitrogens with zero attached hydrogens (tertiary/aromatic N) is 1. The molecule has 0 aliphatic carbocycles. The van der Waals surface area contributed by atoms with Crippen LogP contribution in [0.15, 0.2) is 0 Å². The first-order valence-electron chi connectivity index (χ1n) is 3.91. The Morgan fingerprint density at radius 3 is 2.64 bits per heavy atom. The van der Waals surface area contributed by atoms with Crippen LogP contribution in [-0.2, 0) is 0 Å². The fourth-order valence-electron chi connectivity index (χ4n) is 1.27. The van der Waals surface area contributed by atoms with Gasteiger partial charge < -0.3 is 0 Å². The SMILES string of the molecule is C=S(C)C1CSCN1C(C)C. The van der Waals surface area contributed by atoms with Crippen molar-refractivity contribution in [1.82, 2.24) is 4.90 Å². The minimum Gasteiger partial charge on any atom is -0.279 e. The standard InChI is InChI=1S/C8H17NS2/c1-7(2)9-6-10-5-8(9)11(3)4/h7-8H,3,5-6H2,1-2,4H3. The number of rotatable bonds is 2. The van der Waals surface area contributed by atoms with Crippen LogP contribution in [0.5, 0.6) is 0 Å². The lowest BCUT2D eigenvalue weighted by atomic mass is 10.3. The van der Waals surface area contributed by atoms with E-state index in [4.69, 9.17) is 0 Å². The largest absolute Gasteiger partial charge is 0.279 e. The van der Waals surface area contributed by atoms with Gasteiger partial charge >= 0.3 is 0 Å². The molecule has 66 valence electrons. The summed E-state index contributed by atoms with van der Waals surface area (Å²) >= 11 is 2.04. The molecule has 1 aliphatic rings. The first-order valence-corrected chi connectivity index (χ1v) is 6.93. The summed E-state index contributed by atoms with van der Waals surface area (Å²) in [7, 11) is 0.314. The average molecular weight is 191 g/mol. The molecule has 0 aromatic heterocycles. The van der Waals surface area contributed by atoms with Gasteiger partial charge in [0.15, 0.2) is 0 Å². The highest BCUT2D eigenvalue weighted by atomic mass is 32.2. The molecule has 0 aromatic rings. The molecule has 1 fully saturated rings. The zero-order chi connectivity index (χ0) is 8.43. The van der Waals surface area contributed by atoms with Gasteiger partial charge in [0.1, 0.15) is 0 Å². The Bertz CT molecular complexity index is 156. The summed E-state index contributed by atoms with van der Waals surface area (Å²) in [6.07, 6.45) is 2.24. The molecule has 0 amide bonds.